The highest BCUT2D eigenvalue weighted by Gasteiger charge is 2.09. The summed E-state index contributed by atoms with van der Waals surface area (Å²) in [7, 11) is 0. The van der Waals surface area contributed by atoms with Crippen molar-refractivity contribution in [1.29, 1.82) is 0 Å². The number of nitrogens with one attached hydrogen (secondary N) is 2. The van der Waals surface area contributed by atoms with E-state index >= 15 is 0 Å². The van der Waals surface area contributed by atoms with Crippen LogP contribution in [0, 0.1) is 0 Å². The Labute approximate surface area is 141 Å². The summed E-state index contributed by atoms with van der Waals surface area (Å²) in [6.45, 7) is 2.94. The third-order valence-electron chi connectivity index (χ3n) is 3.28. The van der Waals surface area contributed by atoms with Gasteiger partial charge in [0.1, 0.15) is 5.75 Å². The molecule has 0 aromatic heterocycles. The molecule has 0 bridgehead atoms. The molecule has 0 saturated carbocycles. The summed E-state index contributed by atoms with van der Waals surface area (Å²) in [5.74, 6) is 0.423. The second-order valence-corrected chi connectivity index (χ2v) is 5.21. The molecule has 6 heteroatoms. The molecule has 24 heavy (non-hydrogen) atoms. The molecule has 0 saturated heterocycles. The number of rotatable bonds is 7. The zero-order valence-corrected chi connectivity index (χ0v) is 13.5. The third-order valence-corrected chi connectivity index (χ3v) is 3.28. The van der Waals surface area contributed by atoms with Gasteiger partial charge in [0.2, 0.25) is 0 Å². The van der Waals surface area contributed by atoms with Crippen molar-refractivity contribution in [2.45, 2.75) is 19.9 Å². The average Bonchev–Trinajstić information content (AvgIpc) is 2.59. The largest absolute Gasteiger partial charge is 0.491 e. The lowest BCUT2D eigenvalue weighted by Gasteiger charge is -2.12. The number of amides is 3. The maximum Gasteiger partial charge on any atom is 0.312 e. The van der Waals surface area contributed by atoms with E-state index in [9.17, 15) is 9.59 Å². The van der Waals surface area contributed by atoms with E-state index in [0.29, 0.717) is 30.2 Å². The Hall–Kier alpha value is -3.02. The molecule has 0 spiro atoms. The molecule has 2 aromatic carbocycles. The molecule has 6 nitrogen and oxygen atoms in total. The van der Waals surface area contributed by atoms with Gasteiger partial charge in [0.25, 0.3) is 5.91 Å². The maximum atomic E-state index is 12.4. The van der Waals surface area contributed by atoms with Crippen LogP contribution in [0.5, 0.6) is 5.75 Å². The molecule has 2 aromatic rings. The number of benzene rings is 2. The molecule has 126 valence electrons. The number of urea groups is 1. The number of hydrogen-bond donors (Lipinski definition) is 3. The van der Waals surface area contributed by atoms with Crippen molar-refractivity contribution < 1.29 is 14.3 Å². The fourth-order valence-electron chi connectivity index (χ4n) is 2.07. The van der Waals surface area contributed by atoms with Gasteiger partial charge in [-0.3, -0.25) is 4.79 Å². The standard InChI is InChI=1S/C18H21N3O3/c1-2-11-24-16-6-4-3-5-15(16)21-17(22)14-9-7-13(8-10-14)12-20-18(19)23/h3-10H,2,11-12H2,1H3,(H,21,22)(H3,19,20,23). The van der Waals surface area contributed by atoms with E-state index in [2.05, 4.69) is 10.6 Å². The van der Waals surface area contributed by atoms with Crippen LogP contribution in [0.3, 0.4) is 0 Å². The molecule has 0 fully saturated rings. The number of carbonyl (C=O) groups excluding carboxylic acids is 2. The molecule has 0 aliphatic heterocycles. The lowest BCUT2D eigenvalue weighted by molar-refractivity contribution is 0.102. The number of carbonyl (C=O) groups is 2. The zero-order valence-electron chi connectivity index (χ0n) is 13.5. The lowest BCUT2D eigenvalue weighted by atomic mass is 10.1. The van der Waals surface area contributed by atoms with Crippen molar-refractivity contribution in [2.75, 3.05) is 11.9 Å². The second kappa shape index (κ2) is 8.57. The second-order valence-electron chi connectivity index (χ2n) is 5.21. The minimum atomic E-state index is -0.583. The molecule has 0 aliphatic rings. The predicted molar refractivity (Wildman–Crippen MR) is 93.0 cm³/mol. The summed E-state index contributed by atoms with van der Waals surface area (Å²) in [5.41, 5.74) is 7.04. The van der Waals surface area contributed by atoms with E-state index in [1.165, 1.54) is 0 Å². The van der Waals surface area contributed by atoms with Gasteiger partial charge in [0.15, 0.2) is 0 Å². The Morgan fingerprint density at radius 3 is 2.46 bits per heavy atom. The van der Waals surface area contributed by atoms with Gasteiger partial charge in [-0.1, -0.05) is 31.2 Å². The summed E-state index contributed by atoms with van der Waals surface area (Å²) in [4.78, 5) is 23.1. The monoisotopic (exact) mass is 327 g/mol. The van der Waals surface area contributed by atoms with Crippen LogP contribution in [-0.4, -0.2) is 18.5 Å². The smallest absolute Gasteiger partial charge is 0.312 e. The Morgan fingerprint density at radius 2 is 1.79 bits per heavy atom. The molecule has 4 N–H and O–H groups in total. The fourth-order valence-corrected chi connectivity index (χ4v) is 2.07. The van der Waals surface area contributed by atoms with Gasteiger partial charge >= 0.3 is 6.03 Å². The maximum absolute atomic E-state index is 12.4. The topological polar surface area (TPSA) is 93.4 Å². The molecule has 0 aliphatic carbocycles. The minimum Gasteiger partial charge on any atom is -0.491 e. The number of ether oxygens (including phenoxy) is 1. The van der Waals surface area contributed by atoms with Crippen LogP contribution in [0.2, 0.25) is 0 Å². The van der Waals surface area contributed by atoms with E-state index in [1.807, 2.05) is 25.1 Å². The van der Waals surface area contributed by atoms with E-state index in [1.54, 1.807) is 30.3 Å². The van der Waals surface area contributed by atoms with Crippen LogP contribution in [0.15, 0.2) is 48.5 Å². The molecule has 0 radical (unpaired) electrons. The predicted octanol–water partition coefficient (Wildman–Crippen LogP) is 2.90. The van der Waals surface area contributed by atoms with Gasteiger partial charge in [-0.05, 0) is 36.2 Å². The van der Waals surface area contributed by atoms with Crippen LogP contribution in [0.25, 0.3) is 0 Å². The number of hydrogen-bond acceptors (Lipinski definition) is 3. The first-order valence-corrected chi connectivity index (χ1v) is 7.75. The summed E-state index contributed by atoms with van der Waals surface area (Å²) in [6, 6.07) is 13.7. The highest BCUT2D eigenvalue weighted by atomic mass is 16.5. The van der Waals surface area contributed by atoms with Crippen LogP contribution < -0.4 is 21.1 Å². The Kier molecular flexibility index (Phi) is 6.19. The highest BCUT2D eigenvalue weighted by Crippen LogP contribution is 2.24. The van der Waals surface area contributed by atoms with E-state index in [4.69, 9.17) is 10.5 Å². The third kappa shape index (κ3) is 5.01. The van der Waals surface area contributed by atoms with Crippen molar-refractivity contribution >= 4 is 17.6 Å². The van der Waals surface area contributed by atoms with Crippen LogP contribution in [0.4, 0.5) is 10.5 Å². The molecule has 2 rings (SSSR count). The summed E-state index contributed by atoms with van der Waals surface area (Å²) in [6.07, 6.45) is 0.892. The molecule has 0 unspecified atom stereocenters. The number of primary amides is 1. The van der Waals surface area contributed by atoms with Crippen molar-refractivity contribution in [3.05, 3.63) is 59.7 Å². The van der Waals surface area contributed by atoms with Gasteiger partial charge in [0, 0.05) is 12.1 Å². The number of anilines is 1. The van der Waals surface area contributed by atoms with Gasteiger partial charge in [-0.25, -0.2) is 4.79 Å². The summed E-state index contributed by atoms with van der Waals surface area (Å²) >= 11 is 0. The van der Waals surface area contributed by atoms with Crippen molar-refractivity contribution in [2.24, 2.45) is 5.73 Å². The van der Waals surface area contributed by atoms with Crippen LogP contribution >= 0.6 is 0 Å². The highest BCUT2D eigenvalue weighted by molar-refractivity contribution is 6.05. The number of nitrogens with two attached hydrogens (primary N) is 1. The lowest BCUT2D eigenvalue weighted by Crippen LogP contribution is -2.28. The van der Waals surface area contributed by atoms with Crippen molar-refractivity contribution in [3.8, 4) is 5.75 Å². The van der Waals surface area contributed by atoms with E-state index in [0.717, 1.165) is 12.0 Å². The Morgan fingerprint density at radius 1 is 1.08 bits per heavy atom. The number of para-hydroxylation sites is 2. The van der Waals surface area contributed by atoms with Gasteiger partial charge < -0.3 is 21.1 Å². The van der Waals surface area contributed by atoms with Gasteiger partial charge in [-0.15, -0.1) is 0 Å². The van der Waals surface area contributed by atoms with Crippen molar-refractivity contribution in [3.63, 3.8) is 0 Å². The Bertz CT molecular complexity index is 699. The normalized spacial score (nSPS) is 10.0. The first-order valence-electron chi connectivity index (χ1n) is 7.75. The molecular weight excluding hydrogens is 306 g/mol. The first-order chi connectivity index (χ1) is 11.6. The van der Waals surface area contributed by atoms with Gasteiger partial charge in [-0.2, -0.15) is 0 Å². The molecular formula is C18H21N3O3. The van der Waals surface area contributed by atoms with E-state index in [-0.39, 0.29) is 5.91 Å². The fraction of sp³-hybridized carbons (Fsp3) is 0.222. The molecule has 0 heterocycles. The van der Waals surface area contributed by atoms with Crippen LogP contribution in [-0.2, 0) is 6.54 Å². The van der Waals surface area contributed by atoms with Gasteiger partial charge in [0.05, 0.1) is 12.3 Å². The SMILES string of the molecule is CCCOc1ccccc1NC(=O)c1ccc(CNC(N)=O)cc1. The van der Waals surface area contributed by atoms with E-state index < -0.39 is 6.03 Å². The summed E-state index contributed by atoms with van der Waals surface area (Å²) < 4.78 is 5.63. The summed E-state index contributed by atoms with van der Waals surface area (Å²) in [5, 5.41) is 5.35. The van der Waals surface area contributed by atoms with Crippen LogP contribution in [0.1, 0.15) is 29.3 Å². The zero-order chi connectivity index (χ0) is 17.4. The van der Waals surface area contributed by atoms with Crippen molar-refractivity contribution in [1.82, 2.24) is 5.32 Å². The Balaban J connectivity index is 2.03. The average molecular weight is 327 g/mol. The molecule has 3 amide bonds. The quantitative estimate of drug-likeness (QED) is 0.730. The minimum absolute atomic E-state index is 0.225. The molecule has 0 atom stereocenters. The first kappa shape index (κ1) is 17.3.